The average molecular weight is 379 g/mol. The summed E-state index contributed by atoms with van der Waals surface area (Å²) in [7, 11) is 0. The summed E-state index contributed by atoms with van der Waals surface area (Å²) in [6.07, 6.45) is 3.44. The van der Waals surface area contributed by atoms with Crippen molar-refractivity contribution in [3.8, 4) is 0 Å². The van der Waals surface area contributed by atoms with E-state index in [0.29, 0.717) is 35.8 Å². The third-order valence-corrected chi connectivity index (χ3v) is 5.29. The number of hydrogen-bond acceptors (Lipinski definition) is 3. The highest BCUT2D eigenvalue weighted by molar-refractivity contribution is 6.33. The van der Waals surface area contributed by atoms with Crippen molar-refractivity contribution in [2.45, 2.75) is 25.7 Å². The number of primary amides is 1. The zero-order valence-electron chi connectivity index (χ0n) is 14.5. The highest BCUT2D eigenvalue weighted by Gasteiger charge is 2.27. The number of amides is 4. The van der Waals surface area contributed by atoms with Gasteiger partial charge < -0.3 is 20.9 Å². The summed E-state index contributed by atoms with van der Waals surface area (Å²) in [5.41, 5.74) is 6.25. The van der Waals surface area contributed by atoms with E-state index in [4.69, 9.17) is 17.3 Å². The summed E-state index contributed by atoms with van der Waals surface area (Å²) in [6.45, 7) is 2.36. The van der Waals surface area contributed by atoms with E-state index in [1.165, 1.54) is 0 Å². The highest BCUT2D eigenvalue weighted by Crippen LogP contribution is 2.26. The van der Waals surface area contributed by atoms with Crippen molar-refractivity contribution in [1.29, 1.82) is 0 Å². The van der Waals surface area contributed by atoms with Crippen LogP contribution in [0.4, 0.5) is 10.5 Å². The first kappa shape index (κ1) is 18.5. The van der Waals surface area contributed by atoms with Gasteiger partial charge in [-0.05, 0) is 43.9 Å². The van der Waals surface area contributed by atoms with E-state index in [-0.39, 0.29) is 17.9 Å². The van der Waals surface area contributed by atoms with Crippen LogP contribution in [0.3, 0.4) is 0 Å². The van der Waals surface area contributed by atoms with E-state index in [9.17, 15) is 14.4 Å². The SMILES string of the molecule is NC(=O)C1CCCN(C(=O)Nc2cc(C(=O)N3CCCC3)ccc2Cl)C1. The Morgan fingerprint density at radius 3 is 2.46 bits per heavy atom. The molecule has 2 aliphatic rings. The Balaban J connectivity index is 1.70. The van der Waals surface area contributed by atoms with Crippen molar-refractivity contribution in [3.63, 3.8) is 0 Å². The van der Waals surface area contributed by atoms with Crippen LogP contribution in [0.1, 0.15) is 36.0 Å². The van der Waals surface area contributed by atoms with Crippen LogP contribution in [-0.2, 0) is 4.79 Å². The highest BCUT2D eigenvalue weighted by atomic mass is 35.5. The van der Waals surface area contributed by atoms with Crippen molar-refractivity contribution < 1.29 is 14.4 Å². The number of nitrogens with one attached hydrogen (secondary N) is 1. The molecule has 1 aromatic rings. The number of hydrogen-bond donors (Lipinski definition) is 2. The summed E-state index contributed by atoms with van der Waals surface area (Å²) >= 11 is 6.19. The summed E-state index contributed by atoms with van der Waals surface area (Å²) in [5, 5.41) is 3.12. The van der Waals surface area contributed by atoms with Crippen LogP contribution >= 0.6 is 11.6 Å². The number of benzene rings is 1. The number of anilines is 1. The topological polar surface area (TPSA) is 95.7 Å². The Hall–Kier alpha value is -2.28. The number of carbonyl (C=O) groups is 3. The van der Waals surface area contributed by atoms with Gasteiger partial charge in [-0.3, -0.25) is 9.59 Å². The molecule has 26 heavy (non-hydrogen) atoms. The van der Waals surface area contributed by atoms with Crippen molar-refractivity contribution in [3.05, 3.63) is 28.8 Å². The summed E-state index contributed by atoms with van der Waals surface area (Å²) in [5.74, 6) is -0.770. The zero-order valence-corrected chi connectivity index (χ0v) is 15.3. The molecule has 0 saturated carbocycles. The second-order valence-electron chi connectivity index (χ2n) is 6.81. The van der Waals surface area contributed by atoms with Gasteiger partial charge in [-0.25, -0.2) is 4.79 Å². The van der Waals surface area contributed by atoms with Crippen molar-refractivity contribution >= 4 is 35.1 Å². The summed E-state index contributed by atoms with van der Waals surface area (Å²) < 4.78 is 0. The van der Waals surface area contributed by atoms with Gasteiger partial charge in [0, 0.05) is 31.7 Å². The van der Waals surface area contributed by atoms with Gasteiger partial charge in [0.05, 0.1) is 16.6 Å². The van der Waals surface area contributed by atoms with E-state index in [1.807, 2.05) is 0 Å². The third-order valence-electron chi connectivity index (χ3n) is 4.96. The average Bonchev–Trinajstić information content (AvgIpc) is 3.17. The normalized spacial score (nSPS) is 20.1. The first-order valence-corrected chi connectivity index (χ1v) is 9.27. The van der Waals surface area contributed by atoms with Crippen molar-refractivity contribution in [2.24, 2.45) is 11.7 Å². The zero-order chi connectivity index (χ0) is 18.7. The monoisotopic (exact) mass is 378 g/mol. The minimum Gasteiger partial charge on any atom is -0.369 e. The first-order chi connectivity index (χ1) is 12.5. The Kier molecular flexibility index (Phi) is 5.66. The van der Waals surface area contributed by atoms with Gasteiger partial charge in [0.25, 0.3) is 5.91 Å². The lowest BCUT2D eigenvalue weighted by molar-refractivity contribution is -0.123. The molecule has 7 nitrogen and oxygen atoms in total. The van der Waals surface area contributed by atoms with Crippen molar-refractivity contribution in [1.82, 2.24) is 9.80 Å². The van der Waals surface area contributed by atoms with Gasteiger partial charge in [-0.15, -0.1) is 0 Å². The molecule has 0 bridgehead atoms. The number of rotatable bonds is 3. The lowest BCUT2D eigenvalue weighted by Crippen LogP contribution is -2.45. The molecule has 2 aliphatic heterocycles. The standard InChI is InChI=1S/C18H23ClN4O3/c19-14-6-5-12(17(25)22-7-1-2-8-22)10-15(14)21-18(26)23-9-3-4-13(11-23)16(20)24/h5-6,10,13H,1-4,7-9,11H2,(H2,20,24)(H,21,26). The fraction of sp³-hybridized carbons (Fsp3) is 0.500. The Bertz CT molecular complexity index is 718. The number of urea groups is 1. The molecule has 140 valence electrons. The van der Waals surface area contributed by atoms with Gasteiger partial charge >= 0.3 is 6.03 Å². The van der Waals surface area contributed by atoms with Crippen LogP contribution in [-0.4, -0.2) is 53.8 Å². The smallest absolute Gasteiger partial charge is 0.321 e. The largest absolute Gasteiger partial charge is 0.369 e. The van der Waals surface area contributed by atoms with Crippen LogP contribution in [0.2, 0.25) is 5.02 Å². The predicted molar refractivity (Wildman–Crippen MR) is 99.1 cm³/mol. The van der Waals surface area contributed by atoms with E-state index in [2.05, 4.69) is 5.32 Å². The maximum atomic E-state index is 12.5. The van der Waals surface area contributed by atoms with Crippen LogP contribution in [0.25, 0.3) is 0 Å². The molecule has 1 atom stereocenters. The quantitative estimate of drug-likeness (QED) is 0.844. The van der Waals surface area contributed by atoms with Gasteiger partial charge in [-0.2, -0.15) is 0 Å². The number of nitrogens with zero attached hydrogens (tertiary/aromatic N) is 2. The lowest BCUT2D eigenvalue weighted by Gasteiger charge is -2.31. The molecular formula is C18H23ClN4O3. The van der Waals surface area contributed by atoms with Crippen LogP contribution < -0.4 is 11.1 Å². The van der Waals surface area contributed by atoms with Gasteiger partial charge in [-0.1, -0.05) is 11.6 Å². The van der Waals surface area contributed by atoms with Crippen LogP contribution in [0, 0.1) is 5.92 Å². The maximum absolute atomic E-state index is 12.5. The molecule has 2 saturated heterocycles. The second kappa shape index (κ2) is 7.95. The van der Waals surface area contributed by atoms with E-state index in [1.54, 1.807) is 28.0 Å². The van der Waals surface area contributed by atoms with Gasteiger partial charge in [0.1, 0.15) is 0 Å². The first-order valence-electron chi connectivity index (χ1n) is 8.90. The molecule has 3 N–H and O–H groups in total. The Morgan fingerprint density at radius 1 is 1.08 bits per heavy atom. The third kappa shape index (κ3) is 4.09. The minimum atomic E-state index is -0.390. The molecule has 2 fully saturated rings. The number of halogens is 1. The Labute approximate surface area is 157 Å². The molecular weight excluding hydrogens is 356 g/mol. The van der Waals surface area contributed by atoms with Gasteiger partial charge in [0.2, 0.25) is 5.91 Å². The number of likely N-dealkylation sites (tertiary alicyclic amines) is 2. The molecule has 2 heterocycles. The van der Waals surface area contributed by atoms with E-state index < -0.39 is 5.91 Å². The minimum absolute atomic E-state index is 0.0542. The molecule has 8 heteroatoms. The maximum Gasteiger partial charge on any atom is 0.321 e. The molecule has 3 rings (SSSR count). The molecule has 0 aromatic heterocycles. The second-order valence-corrected chi connectivity index (χ2v) is 7.22. The Morgan fingerprint density at radius 2 is 1.77 bits per heavy atom. The van der Waals surface area contributed by atoms with E-state index in [0.717, 1.165) is 32.4 Å². The fourth-order valence-electron chi connectivity index (χ4n) is 3.44. The summed E-state index contributed by atoms with van der Waals surface area (Å²) in [4.78, 5) is 39.8. The van der Waals surface area contributed by atoms with Crippen molar-refractivity contribution in [2.75, 3.05) is 31.5 Å². The van der Waals surface area contributed by atoms with Gasteiger partial charge in [0.15, 0.2) is 0 Å². The molecule has 0 radical (unpaired) electrons. The molecule has 4 amide bonds. The van der Waals surface area contributed by atoms with E-state index >= 15 is 0 Å². The molecule has 1 aromatic carbocycles. The number of carbonyl (C=O) groups excluding carboxylic acids is 3. The fourth-order valence-corrected chi connectivity index (χ4v) is 3.61. The number of piperidine rings is 1. The lowest BCUT2D eigenvalue weighted by atomic mass is 9.98. The molecule has 0 aliphatic carbocycles. The molecule has 0 spiro atoms. The molecule has 1 unspecified atom stereocenters. The number of nitrogens with two attached hydrogens (primary N) is 1. The van der Waals surface area contributed by atoms with Crippen LogP contribution in [0.5, 0.6) is 0 Å². The summed E-state index contributed by atoms with van der Waals surface area (Å²) in [6, 6.07) is 4.55. The predicted octanol–water partition coefficient (Wildman–Crippen LogP) is 2.31. The van der Waals surface area contributed by atoms with Crippen LogP contribution in [0.15, 0.2) is 18.2 Å².